The van der Waals surface area contributed by atoms with Crippen LogP contribution < -0.4 is 0 Å². The van der Waals surface area contributed by atoms with Gasteiger partial charge in [-0.3, -0.25) is 4.90 Å². The first-order valence-corrected chi connectivity index (χ1v) is 13.4. The zero-order chi connectivity index (χ0) is 24.6. The van der Waals surface area contributed by atoms with E-state index in [0.29, 0.717) is 38.7 Å². The number of furan rings is 1. The number of carbonyl (C=O) groups excluding carboxylic acids is 1. The lowest BCUT2D eigenvalue weighted by Crippen LogP contribution is -2.38. The van der Waals surface area contributed by atoms with Crippen molar-refractivity contribution in [3.63, 3.8) is 0 Å². The van der Waals surface area contributed by atoms with Gasteiger partial charge in [0.2, 0.25) is 5.76 Å². The second-order valence-electron chi connectivity index (χ2n) is 9.10. The fourth-order valence-corrected chi connectivity index (χ4v) is 6.05. The van der Waals surface area contributed by atoms with E-state index in [-0.39, 0.29) is 35.0 Å². The summed E-state index contributed by atoms with van der Waals surface area (Å²) in [5.41, 5.74) is 1.12. The van der Waals surface area contributed by atoms with Gasteiger partial charge in [0.1, 0.15) is 19.0 Å². The second-order valence-corrected chi connectivity index (χ2v) is 10.6. The Bertz CT molecular complexity index is 949. The van der Waals surface area contributed by atoms with Gasteiger partial charge in [-0.15, -0.1) is 23.2 Å². The Kier molecular flexibility index (Phi) is 10.2. The molecule has 1 aliphatic carbocycles. The number of halogens is 3. The van der Waals surface area contributed by atoms with Crippen molar-refractivity contribution in [2.45, 2.75) is 36.6 Å². The third-order valence-corrected chi connectivity index (χ3v) is 8.17. The van der Waals surface area contributed by atoms with Crippen LogP contribution >= 0.6 is 34.8 Å². The van der Waals surface area contributed by atoms with Crippen LogP contribution in [0.2, 0.25) is 5.02 Å². The summed E-state index contributed by atoms with van der Waals surface area (Å²) in [5.74, 6) is 0.667. The number of alkyl halides is 2. The van der Waals surface area contributed by atoms with Gasteiger partial charge in [0, 0.05) is 41.3 Å². The van der Waals surface area contributed by atoms with Crippen molar-refractivity contribution in [1.29, 1.82) is 0 Å². The molecular weight excluding hydrogens is 513 g/mol. The minimum Gasteiger partial charge on any atom is -0.458 e. The van der Waals surface area contributed by atoms with Crippen LogP contribution in [-0.2, 0) is 27.2 Å². The smallest absolute Gasteiger partial charge is 0.374 e. The van der Waals surface area contributed by atoms with Crippen molar-refractivity contribution >= 4 is 40.8 Å². The molecule has 0 N–H and O–H groups in total. The van der Waals surface area contributed by atoms with Crippen LogP contribution in [0.4, 0.5) is 0 Å². The predicted octanol–water partition coefficient (Wildman–Crippen LogP) is 5.42. The van der Waals surface area contributed by atoms with E-state index in [0.717, 1.165) is 42.9 Å². The first-order chi connectivity index (χ1) is 17.0. The van der Waals surface area contributed by atoms with Gasteiger partial charge in [-0.25, -0.2) is 4.79 Å². The fraction of sp³-hybridized carbons (Fsp3) is 0.577. The number of hydrogen-bond donors (Lipinski definition) is 0. The Labute approximate surface area is 221 Å². The van der Waals surface area contributed by atoms with Gasteiger partial charge >= 0.3 is 5.97 Å². The Morgan fingerprint density at radius 1 is 1.06 bits per heavy atom. The number of rotatable bonds is 11. The molecule has 1 saturated heterocycles. The highest BCUT2D eigenvalue weighted by atomic mass is 35.5. The van der Waals surface area contributed by atoms with Crippen LogP contribution in [0.5, 0.6) is 0 Å². The average molecular weight is 545 g/mol. The quantitative estimate of drug-likeness (QED) is 0.278. The van der Waals surface area contributed by atoms with Gasteiger partial charge in [-0.2, -0.15) is 0 Å². The SMILES string of the molecule is O=C(OCCN1CCOCC1)c1ccc(COC[C@H]2C(Cl)CC(Cl)[C@@H]2CCc2ccccc2Cl)o1. The summed E-state index contributed by atoms with van der Waals surface area (Å²) in [6.45, 7) is 4.88. The lowest BCUT2D eigenvalue weighted by atomic mass is 9.90. The van der Waals surface area contributed by atoms with Crippen molar-refractivity contribution in [2.24, 2.45) is 11.8 Å². The van der Waals surface area contributed by atoms with E-state index in [2.05, 4.69) is 4.90 Å². The molecule has 1 aromatic heterocycles. The second kappa shape index (κ2) is 13.3. The molecule has 1 aliphatic heterocycles. The molecule has 0 bridgehead atoms. The summed E-state index contributed by atoms with van der Waals surface area (Å²) >= 11 is 19.6. The van der Waals surface area contributed by atoms with Crippen molar-refractivity contribution in [2.75, 3.05) is 46.1 Å². The molecule has 2 fully saturated rings. The normalized spacial score (nSPS) is 25.1. The average Bonchev–Trinajstić information content (AvgIpc) is 3.43. The number of aryl methyl sites for hydroxylation is 1. The summed E-state index contributed by atoms with van der Waals surface area (Å²) in [4.78, 5) is 14.5. The highest BCUT2D eigenvalue weighted by Crippen LogP contribution is 2.42. The van der Waals surface area contributed by atoms with Gasteiger partial charge in [0.25, 0.3) is 0 Å². The largest absolute Gasteiger partial charge is 0.458 e. The molecule has 2 unspecified atom stereocenters. The first kappa shape index (κ1) is 26.8. The maximum absolute atomic E-state index is 12.3. The predicted molar refractivity (Wildman–Crippen MR) is 137 cm³/mol. The van der Waals surface area contributed by atoms with E-state index in [1.807, 2.05) is 24.3 Å². The highest BCUT2D eigenvalue weighted by Gasteiger charge is 2.41. The van der Waals surface area contributed by atoms with E-state index in [4.69, 9.17) is 53.4 Å². The zero-order valence-electron chi connectivity index (χ0n) is 19.7. The molecule has 2 heterocycles. The van der Waals surface area contributed by atoms with Gasteiger partial charge in [0.15, 0.2) is 0 Å². The Hall–Kier alpha value is -1.28. The van der Waals surface area contributed by atoms with Crippen molar-refractivity contribution in [3.8, 4) is 0 Å². The summed E-state index contributed by atoms with van der Waals surface area (Å²) in [6.07, 6.45) is 2.50. The molecule has 1 saturated carbocycles. The Morgan fingerprint density at radius 2 is 1.83 bits per heavy atom. The lowest BCUT2D eigenvalue weighted by Gasteiger charge is -2.25. The highest BCUT2D eigenvalue weighted by molar-refractivity contribution is 6.31. The summed E-state index contributed by atoms with van der Waals surface area (Å²) in [7, 11) is 0. The molecule has 4 rings (SSSR count). The number of ether oxygens (including phenoxy) is 3. The van der Waals surface area contributed by atoms with Crippen LogP contribution in [0.1, 0.15) is 34.7 Å². The molecule has 6 nitrogen and oxygen atoms in total. The van der Waals surface area contributed by atoms with Crippen LogP contribution in [0, 0.1) is 11.8 Å². The molecule has 4 atom stereocenters. The minimum absolute atomic E-state index is 0.0102. The summed E-state index contributed by atoms with van der Waals surface area (Å²) < 4.78 is 22.3. The molecular formula is C26H32Cl3NO5. The van der Waals surface area contributed by atoms with E-state index < -0.39 is 5.97 Å². The minimum atomic E-state index is -0.467. The van der Waals surface area contributed by atoms with Crippen molar-refractivity contribution in [3.05, 3.63) is 58.5 Å². The molecule has 0 radical (unpaired) electrons. The molecule has 1 aromatic carbocycles. The monoisotopic (exact) mass is 543 g/mol. The number of benzene rings is 1. The van der Waals surface area contributed by atoms with E-state index in [9.17, 15) is 4.79 Å². The van der Waals surface area contributed by atoms with Crippen molar-refractivity contribution < 1.29 is 23.4 Å². The van der Waals surface area contributed by atoms with Crippen LogP contribution in [-0.4, -0.2) is 67.7 Å². The van der Waals surface area contributed by atoms with E-state index in [1.54, 1.807) is 12.1 Å². The van der Waals surface area contributed by atoms with Crippen LogP contribution in [0.3, 0.4) is 0 Å². The lowest BCUT2D eigenvalue weighted by molar-refractivity contribution is 0.0178. The number of hydrogen-bond acceptors (Lipinski definition) is 6. The molecule has 0 spiro atoms. The fourth-order valence-electron chi connectivity index (χ4n) is 4.77. The van der Waals surface area contributed by atoms with Gasteiger partial charge in [-0.05, 0) is 48.9 Å². The molecule has 2 aliphatic rings. The zero-order valence-corrected chi connectivity index (χ0v) is 21.9. The summed E-state index contributed by atoms with van der Waals surface area (Å²) in [6, 6.07) is 11.2. The number of carbonyl (C=O) groups is 1. The first-order valence-electron chi connectivity index (χ1n) is 12.2. The van der Waals surface area contributed by atoms with Crippen molar-refractivity contribution in [1.82, 2.24) is 4.90 Å². The topological polar surface area (TPSA) is 61.1 Å². The maximum atomic E-state index is 12.3. The molecule has 2 aromatic rings. The standard InChI is InChI=1S/C26H32Cl3NO5/c27-22-4-2-1-3-18(22)5-7-20-21(24(29)15-23(20)28)17-33-16-19-6-8-25(35-19)26(31)34-14-11-30-9-12-32-13-10-30/h1-4,6,8,20-21,23-24H,5,7,9-17H2/t20-,21-,23?,24?/m1/s1. The van der Waals surface area contributed by atoms with Crippen LogP contribution in [0.25, 0.3) is 0 Å². The van der Waals surface area contributed by atoms with Gasteiger partial charge in [-0.1, -0.05) is 29.8 Å². The molecule has 0 amide bonds. The maximum Gasteiger partial charge on any atom is 0.374 e. The summed E-state index contributed by atoms with van der Waals surface area (Å²) in [5, 5.41) is 0.749. The number of morpholine rings is 1. The van der Waals surface area contributed by atoms with Gasteiger partial charge in [0.05, 0.1) is 19.8 Å². The Balaban J connectivity index is 1.21. The molecule has 9 heteroatoms. The van der Waals surface area contributed by atoms with Crippen LogP contribution in [0.15, 0.2) is 40.8 Å². The van der Waals surface area contributed by atoms with E-state index in [1.165, 1.54) is 0 Å². The third-order valence-electron chi connectivity index (χ3n) is 6.80. The Morgan fingerprint density at radius 3 is 2.63 bits per heavy atom. The molecule has 35 heavy (non-hydrogen) atoms. The number of nitrogens with zero attached hydrogens (tertiary/aromatic N) is 1. The van der Waals surface area contributed by atoms with E-state index >= 15 is 0 Å². The molecule has 192 valence electrons. The number of esters is 1. The van der Waals surface area contributed by atoms with Gasteiger partial charge < -0.3 is 18.6 Å². The third kappa shape index (κ3) is 7.61.